The van der Waals surface area contributed by atoms with Crippen LogP contribution < -0.4 is 0 Å². The fourth-order valence-electron chi connectivity index (χ4n) is 1.78. The lowest BCUT2D eigenvalue weighted by molar-refractivity contribution is 0.273. The molecular weight excluding hydrogens is 254 g/mol. The summed E-state index contributed by atoms with van der Waals surface area (Å²) in [7, 11) is -2.02. The van der Waals surface area contributed by atoms with Crippen LogP contribution in [0, 0.1) is 6.92 Å². The largest absolute Gasteiger partial charge is 0.390 e. The maximum atomic E-state index is 12.3. The van der Waals surface area contributed by atoms with Crippen molar-refractivity contribution in [2.24, 2.45) is 0 Å². The van der Waals surface area contributed by atoms with Gasteiger partial charge in [-0.15, -0.1) is 0 Å². The lowest BCUT2D eigenvalue weighted by atomic mass is 10.2. The quantitative estimate of drug-likeness (QED) is 0.727. The van der Waals surface area contributed by atoms with E-state index in [-0.39, 0.29) is 17.2 Å². The standard InChI is InChI=1S/C11H21N3O3S/c1-4-5-6-7-14(3)18(16,17)11-9(2)12-13-10(11)8-15/h15H,4-8H2,1-3H3,(H,12,13). The second-order valence-corrected chi connectivity index (χ2v) is 6.30. The minimum absolute atomic E-state index is 0.101. The molecule has 0 radical (unpaired) electrons. The molecule has 0 fully saturated rings. The monoisotopic (exact) mass is 275 g/mol. The Hall–Kier alpha value is -0.920. The highest BCUT2D eigenvalue weighted by Gasteiger charge is 2.27. The highest BCUT2D eigenvalue weighted by molar-refractivity contribution is 7.89. The van der Waals surface area contributed by atoms with E-state index >= 15 is 0 Å². The lowest BCUT2D eigenvalue weighted by Gasteiger charge is -2.17. The third-order valence-corrected chi connectivity index (χ3v) is 4.92. The first-order chi connectivity index (χ1) is 8.45. The van der Waals surface area contributed by atoms with E-state index in [1.54, 1.807) is 14.0 Å². The van der Waals surface area contributed by atoms with Gasteiger partial charge in [0.2, 0.25) is 10.0 Å². The molecule has 0 saturated heterocycles. The molecule has 1 heterocycles. The first kappa shape index (κ1) is 15.1. The van der Waals surface area contributed by atoms with Crippen LogP contribution in [0.15, 0.2) is 4.90 Å². The maximum Gasteiger partial charge on any atom is 0.246 e. The van der Waals surface area contributed by atoms with Crippen molar-refractivity contribution in [1.82, 2.24) is 14.5 Å². The van der Waals surface area contributed by atoms with Gasteiger partial charge < -0.3 is 5.11 Å². The number of hydrogen-bond donors (Lipinski definition) is 2. The molecular formula is C11H21N3O3S. The Bertz CT molecular complexity index is 482. The van der Waals surface area contributed by atoms with Crippen LogP contribution in [-0.4, -0.2) is 41.6 Å². The molecule has 2 N–H and O–H groups in total. The van der Waals surface area contributed by atoms with E-state index in [2.05, 4.69) is 17.1 Å². The molecule has 0 amide bonds. The predicted octanol–water partition coefficient (Wildman–Crippen LogP) is 1.02. The Morgan fingerprint density at radius 2 is 2.06 bits per heavy atom. The first-order valence-corrected chi connectivity index (χ1v) is 7.50. The SMILES string of the molecule is CCCCCN(C)S(=O)(=O)c1c(CO)n[nH]c1C. The van der Waals surface area contributed by atoms with E-state index in [1.165, 1.54) is 4.31 Å². The molecule has 18 heavy (non-hydrogen) atoms. The summed E-state index contributed by atoms with van der Waals surface area (Å²) in [5, 5.41) is 15.5. The number of H-pyrrole nitrogens is 1. The number of hydrogen-bond acceptors (Lipinski definition) is 4. The van der Waals surface area contributed by atoms with Crippen LogP contribution in [0.4, 0.5) is 0 Å². The summed E-state index contributed by atoms with van der Waals surface area (Å²) in [5.41, 5.74) is 0.635. The molecule has 0 bridgehead atoms. The van der Waals surface area contributed by atoms with Crippen LogP contribution in [0.5, 0.6) is 0 Å². The molecule has 0 aliphatic carbocycles. The Morgan fingerprint density at radius 3 is 2.61 bits per heavy atom. The van der Waals surface area contributed by atoms with Crippen molar-refractivity contribution in [3.05, 3.63) is 11.4 Å². The fraction of sp³-hybridized carbons (Fsp3) is 0.727. The fourth-order valence-corrected chi connectivity index (χ4v) is 3.30. The summed E-state index contributed by atoms with van der Waals surface area (Å²) in [6.07, 6.45) is 2.87. The summed E-state index contributed by atoms with van der Waals surface area (Å²) < 4.78 is 26.0. The van der Waals surface area contributed by atoms with E-state index < -0.39 is 10.0 Å². The molecule has 0 unspecified atom stereocenters. The first-order valence-electron chi connectivity index (χ1n) is 6.06. The van der Waals surface area contributed by atoms with E-state index in [4.69, 9.17) is 5.11 Å². The number of rotatable bonds is 7. The van der Waals surface area contributed by atoms with Gasteiger partial charge in [0.25, 0.3) is 0 Å². The minimum atomic E-state index is -3.57. The van der Waals surface area contributed by atoms with Crippen molar-refractivity contribution in [3.63, 3.8) is 0 Å². The van der Waals surface area contributed by atoms with Crippen LogP contribution in [0.3, 0.4) is 0 Å². The van der Waals surface area contributed by atoms with E-state index in [0.29, 0.717) is 12.2 Å². The molecule has 1 rings (SSSR count). The predicted molar refractivity (Wildman–Crippen MR) is 68.6 cm³/mol. The molecule has 0 aromatic carbocycles. The van der Waals surface area contributed by atoms with Gasteiger partial charge in [0, 0.05) is 13.6 Å². The average Bonchev–Trinajstić information content (AvgIpc) is 2.71. The average molecular weight is 275 g/mol. The summed E-state index contributed by atoms with van der Waals surface area (Å²) in [5.74, 6) is 0. The third-order valence-electron chi connectivity index (χ3n) is 2.86. The van der Waals surface area contributed by atoms with Crippen LogP contribution >= 0.6 is 0 Å². The number of nitrogens with zero attached hydrogens (tertiary/aromatic N) is 2. The van der Waals surface area contributed by atoms with Gasteiger partial charge in [-0.3, -0.25) is 5.10 Å². The van der Waals surface area contributed by atoms with Crippen LogP contribution in [0.2, 0.25) is 0 Å². The zero-order valence-electron chi connectivity index (χ0n) is 11.1. The highest BCUT2D eigenvalue weighted by Crippen LogP contribution is 2.21. The topological polar surface area (TPSA) is 86.3 Å². The smallest absolute Gasteiger partial charge is 0.246 e. The van der Waals surface area contributed by atoms with Crippen LogP contribution in [0.25, 0.3) is 0 Å². The third kappa shape index (κ3) is 3.09. The van der Waals surface area contributed by atoms with Gasteiger partial charge in [0.1, 0.15) is 10.6 Å². The van der Waals surface area contributed by atoms with Crippen molar-refractivity contribution in [2.75, 3.05) is 13.6 Å². The molecule has 0 atom stereocenters. The van der Waals surface area contributed by atoms with Crippen molar-refractivity contribution in [3.8, 4) is 0 Å². The number of unbranched alkanes of at least 4 members (excludes halogenated alkanes) is 2. The molecule has 1 aromatic rings. The molecule has 0 spiro atoms. The number of aliphatic hydroxyl groups is 1. The zero-order valence-corrected chi connectivity index (χ0v) is 11.9. The highest BCUT2D eigenvalue weighted by atomic mass is 32.2. The summed E-state index contributed by atoms with van der Waals surface area (Å²) in [4.78, 5) is 0.101. The Kier molecular flexibility index (Phi) is 5.30. The molecule has 1 aromatic heterocycles. The van der Waals surface area contributed by atoms with Crippen molar-refractivity contribution in [2.45, 2.75) is 44.6 Å². The summed E-state index contributed by atoms with van der Waals surface area (Å²) >= 11 is 0. The molecule has 6 nitrogen and oxygen atoms in total. The Morgan fingerprint density at radius 1 is 1.39 bits per heavy atom. The van der Waals surface area contributed by atoms with Gasteiger partial charge in [-0.1, -0.05) is 19.8 Å². The summed E-state index contributed by atoms with van der Waals surface area (Å²) in [6.45, 7) is 3.80. The summed E-state index contributed by atoms with van der Waals surface area (Å²) in [6, 6.07) is 0. The second-order valence-electron chi connectivity index (χ2n) is 4.32. The maximum absolute atomic E-state index is 12.3. The van der Waals surface area contributed by atoms with Crippen molar-refractivity contribution < 1.29 is 13.5 Å². The molecule has 104 valence electrons. The lowest BCUT2D eigenvalue weighted by Crippen LogP contribution is -2.29. The minimum Gasteiger partial charge on any atom is -0.390 e. The normalized spacial score (nSPS) is 12.3. The van der Waals surface area contributed by atoms with Gasteiger partial charge in [-0.25, -0.2) is 12.7 Å². The molecule has 0 aliphatic rings. The number of sulfonamides is 1. The van der Waals surface area contributed by atoms with Gasteiger partial charge in [-0.2, -0.15) is 5.10 Å². The van der Waals surface area contributed by atoms with Gasteiger partial charge in [-0.05, 0) is 13.3 Å². The second kappa shape index (κ2) is 6.31. The number of aromatic amines is 1. The number of nitrogens with one attached hydrogen (secondary N) is 1. The number of aromatic nitrogens is 2. The van der Waals surface area contributed by atoms with Crippen LogP contribution in [-0.2, 0) is 16.6 Å². The molecule has 0 saturated carbocycles. The van der Waals surface area contributed by atoms with Gasteiger partial charge in [0.05, 0.1) is 12.3 Å². The van der Waals surface area contributed by atoms with E-state index in [1.807, 2.05) is 0 Å². The van der Waals surface area contributed by atoms with Crippen molar-refractivity contribution >= 4 is 10.0 Å². The van der Waals surface area contributed by atoms with Crippen molar-refractivity contribution in [1.29, 1.82) is 0 Å². The van der Waals surface area contributed by atoms with E-state index in [9.17, 15) is 8.42 Å². The number of aliphatic hydroxyl groups excluding tert-OH is 1. The van der Waals surface area contributed by atoms with Gasteiger partial charge in [0.15, 0.2) is 0 Å². The Balaban J connectivity index is 2.94. The van der Waals surface area contributed by atoms with Crippen LogP contribution in [0.1, 0.15) is 37.6 Å². The Labute approximate surface area is 108 Å². The van der Waals surface area contributed by atoms with Gasteiger partial charge >= 0.3 is 0 Å². The molecule has 7 heteroatoms. The van der Waals surface area contributed by atoms with E-state index in [0.717, 1.165) is 19.3 Å². The molecule has 0 aliphatic heterocycles. The number of aryl methyl sites for hydroxylation is 1. The zero-order chi connectivity index (χ0) is 13.8.